The summed E-state index contributed by atoms with van der Waals surface area (Å²) >= 11 is 6.94. The van der Waals surface area contributed by atoms with Gasteiger partial charge in [0.05, 0.1) is 4.91 Å². The standard InChI is InChI=1S/C31H28N2O2S2/c34-29(32-21-22-11-3-1-4-12-22)17-5-2-10-18-33-30(35)28(37-31(33)36)20-27-25-15-8-6-13-23(25)19-24-14-7-9-16-26(24)27/h1,3-4,6-9,11-16,19-20H,2,5,10,17-18,21H2,(H,32,34)/b28-20-. The van der Waals surface area contributed by atoms with Crippen LogP contribution in [0, 0.1) is 0 Å². The molecule has 1 fully saturated rings. The van der Waals surface area contributed by atoms with Crippen LogP contribution in [0.3, 0.4) is 0 Å². The number of nitrogens with one attached hydrogen (secondary N) is 1. The number of benzene rings is 4. The molecule has 1 aliphatic rings. The quantitative estimate of drug-likeness (QED) is 0.110. The van der Waals surface area contributed by atoms with E-state index >= 15 is 0 Å². The van der Waals surface area contributed by atoms with Crippen molar-refractivity contribution >= 4 is 67.7 Å². The molecule has 1 heterocycles. The van der Waals surface area contributed by atoms with Gasteiger partial charge in [0.25, 0.3) is 5.91 Å². The van der Waals surface area contributed by atoms with Crippen molar-refractivity contribution in [2.75, 3.05) is 6.54 Å². The average molecular weight is 525 g/mol. The largest absolute Gasteiger partial charge is 0.352 e. The normalized spacial score (nSPS) is 14.7. The topological polar surface area (TPSA) is 49.4 Å². The Morgan fingerprint density at radius 2 is 1.51 bits per heavy atom. The minimum Gasteiger partial charge on any atom is -0.352 e. The van der Waals surface area contributed by atoms with Crippen LogP contribution in [-0.4, -0.2) is 27.6 Å². The molecular formula is C31H28N2O2S2. The molecule has 0 atom stereocenters. The number of rotatable bonds is 9. The van der Waals surface area contributed by atoms with Gasteiger partial charge in [0, 0.05) is 19.5 Å². The molecule has 0 aliphatic carbocycles. The van der Waals surface area contributed by atoms with Gasteiger partial charge >= 0.3 is 0 Å². The lowest BCUT2D eigenvalue weighted by atomic mass is 9.96. The van der Waals surface area contributed by atoms with Crippen LogP contribution in [0.2, 0.25) is 0 Å². The monoisotopic (exact) mass is 524 g/mol. The summed E-state index contributed by atoms with van der Waals surface area (Å²) in [7, 11) is 0. The van der Waals surface area contributed by atoms with Crippen molar-refractivity contribution in [3.8, 4) is 0 Å². The molecule has 4 nitrogen and oxygen atoms in total. The van der Waals surface area contributed by atoms with E-state index in [1.807, 2.05) is 60.7 Å². The first-order valence-corrected chi connectivity index (χ1v) is 13.8. The van der Waals surface area contributed by atoms with E-state index in [4.69, 9.17) is 12.2 Å². The van der Waals surface area contributed by atoms with Crippen LogP contribution < -0.4 is 5.32 Å². The fourth-order valence-electron chi connectivity index (χ4n) is 4.65. The lowest BCUT2D eigenvalue weighted by Gasteiger charge is -2.14. The van der Waals surface area contributed by atoms with Gasteiger partial charge < -0.3 is 5.32 Å². The summed E-state index contributed by atoms with van der Waals surface area (Å²) in [5.74, 6) is 0.0207. The molecule has 1 saturated heterocycles. The van der Waals surface area contributed by atoms with Gasteiger partial charge in [0.15, 0.2) is 0 Å². The minimum absolute atomic E-state index is 0.0346. The van der Waals surface area contributed by atoms with Crippen LogP contribution in [0.25, 0.3) is 27.6 Å². The SMILES string of the molecule is O=C(CCCCCN1C(=O)/C(=C/c2c3ccccc3cc3ccccc23)SC1=S)NCc1ccccc1. The van der Waals surface area contributed by atoms with Crippen LogP contribution in [0.1, 0.15) is 36.8 Å². The number of amides is 2. The van der Waals surface area contributed by atoms with Crippen molar-refractivity contribution in [2.45, 2.75) is 32.2 Å². The Labute approximate surface area is 226 Å². The van der Waals surface area contributed by atoms with Crippen LogP contribution in [0.4, 0.5) is 0 Å². The maximum atomic E-state index is 13.3. The predicted octanol–water partition coefficient (Wildman–Crippen LogP) is 7.07. The number of carbonyl (C=O) groups is 2. The molecule has 2 amide bonds. The number of thioether (sulfide) groups is 1. The summed E-state index contributed by atoms with van der Waals surface area (Å²) < 4.78 is 0.599. The van der Waals surface area contributed by atoms with Crippen LogP contribution in [0.15, 0.2) is 89.8 Å². The van der Waals surface area contributed by atoms with E-state index in [1.165, 1.54) is 11.8 Å². The first-order chi connectivity index (χ1) is 18.1. The molecule has 1 N–H and O–H groups in total. The zero-order valence-electron chi connectivity index (χ0n) is 20.5. The highest BCUT2D eigenvalue weighted by Gasteiger charge is 2.31. The van der Waals surface area contributed by atoms with E-state index in [-0.39, 0.29) is 11.8 Å². The van der Waals surface area contributed by atoms with Crippen LogP contribution in [0.5, 0.6) is 0 Å². The van der Waals surface area contributed by atoms with Crippen molar-refractivity contribution in [1.82, 2.24) is 10.2 Å². The molecule has 5 rings (SSSR count). The molecule has 186 valence electrons. The van der Waals surface area contributed by atoms with Gasteiger partial charge in [-0.3, -0.25) is 14.5 Å². The van der Waals surface area contributed by atoms with Crippen molar-refractivity contribution in [3.05, 3.63) is 101 Å². The number of hydrogen-bond acceptors (Lipinski definition) is 4. The third kappa shape index (κ3) is 5.92. The first kappa shape index (κ1) is 25.2. The van der Waals surface area contributed by atoms with E-state index < -0.39 is 0 Å². The summed E-state index contributed by atoms with van der Waals surface area (Å²) in [5, 5.41) is 7.51. The molecule has 4 aromatic rings. The maximum absolute atomic E-state index is 13.3. The lowest BCUT2D eigenvalue weighted by molar-refractivity contribution is -0.123. The van der Waals surface area contributed by atoms with Crippen molar-refractivity contribution < 1.29 is 9.59 Å². The van der Waals surface area contributed by atoms with Crippen molar-refractivity contribution in [3.63, 3.8) is 0 Å². The fraction of sp³-hybridized carbons (Fsp3) is 0.194. The predicted molar refractivity (Wildman–Crippen MR) is 158 cm³/mol. The number of thiocarbonyl (C=S) groups is 1. The number of unbranched alkanes of at least 4 members (excludes halogenated alkanes) is 2. The number of nitrogens with zero attached hydrogens (tertiary/aromatic N) is 1. The highest BCUT2D eigenvalue weighted by Crippen LogP contribution is 2.36. The molecule has 4 aromatic carbocycles. The van der Waals surface area contributed by atoms with E-state index in [0.29, 0.717) is 28.7 Å². The zero-order chi connectivity index (χ0) is 25.6. The summed E-state index contributed by atoms with van der Waals surface area (Å²) in [6.07, 6.45) is 4.94. The second-order valence-electron chi connectivity index (χ2n) is 9.14. The van der Waals surface area contributed by atoms with Gasteiger partial charge in [0.1, 0.15) is 4.32 Å². The van der Waals surface area contributed by atoms with E-state index in [2.05, 4.69) is 35.6 Å². The van der Waals surface area contributed by atoms with E-state index in [1.54, 1.807) is 4.90 Å². The second kappa shape index (κ2) is 11.7. The molecule has 0 spiro atoms. The van der Waals surface area contributed by atoms with Gasteiger partial charge in [-0.15, -0.1) is 0 Å². The van der Waals surface area contributed by atoms with Gasteiger partial charge in [-0.1, -0.05) is 109 Å². The Bertz CT molecular complexity index is 1440. The molecule has 0 bridgehead atoms. The maximum Gasteiger partial charge on any atom is 0.266 e. The minimum atomic E-state index is -0.0346. The highest BCUT2D eigenvalue weighted by atomic mass is 32.2. The van der Waals surface area contributed by atoms with Crippen LogP contribution >= 0.6 is 24.0 Å². The molecule has 6 heteroatoms. The van der Waals surface area contributed by atoms with Gasteiger partial charge in [-0.05, 0) is 57.7 Å². The number of fused-ring (bicyclic) bond motifs is 2. The Balaban J connectivity index is 1.19. The number of carbonyl (C=O) groups excluding carboxylic acids is 2. The molecule has 1 aliphatic heterocycles. The molecule has 0 saturated carbocycles. The first-order valence-electron chi connectivity index (χ1n) is 12.6. The van der Waals surface area contributed by atoms with E-state index in [0.717, 1.165) is 51.9 Å². The highest BCUT2D eigenvalue weighted by molar-refractivity contribution is 8.26. The average Bonchev–Trinajstić information content (AvgIpc) is 3.19. The Morgan fingerprint density at radius 1 is 0.865 bits per heavy atom. The Morgan fingerprint density at radius 3 is 2.22 bits per heavy atom. The van der Waals surface area contributed by atoms with Crippen molar-refractivity contribution in [1.29, 1.82) is 0 Å². The summed E-state index contributed by atoms with van der Waals surface area (Å²) in [6, 6.07) is 28.6. The Kier molecular flexibility index (Phi) is 7.97. The third-order valence-electron chi connectivity index (χ3n) is 6.58. The second-order valence-corrected chi connectivity index (χ2v) is 10.8. The molecule has 37 heavy (non-hydrogen) atoms. The molecular weight excluding hydrogens is 496 g/mol. The molecule has 0 radical (unpaired) electrons. The van der Waals surface area contributed by atoms with Gasteiger partial charge in [-0.2, -0.15) is 0 Å². The summed E-state index contributed by atoms with van der Waals surface area (Å²) in [6.45, 7) is 1.12. The van der Waals surface area contributed by atoms with E-state index in [9.17, 15) is 9.59 Å². The molecule has 0 unspecified atom stereocenters. The lowest BCUT2D eigenvalue weighted by Crippen LogP contribution is -2.29. The van der Waals surface area contributed by atoms with Gasteiger partial charge in [-0.25, -0.2) is 0 Å². The van der Waals surface area contributed by atoms with Crippen molar-refractivity contribution in [2.24, 2.45) is 0 Å². The number of hydrogen-bond donors (Lipinski definition) is 1. The third-order valence-corrected chi connectivity index (χ3v) is 7.96. The van der Waals surface area contributed by atoms with Gasteiger partial charge in [0.2, 0.25) is 5.91 Å². The van der Waals surface area contributed by atoms with Crippen LogP contribution in [-0.2, 0) is 16.1 Å². The Hall–Kier alpha value is -3.48. The molecule has 0 aromatic heterocycles. The fourth-order valence-corrected chi connectivity index (χ4v) is 5.94. The zero-order valence-corrected chi connectivity index (χ0v) is 22.1. The summed E-state index contributed by atoms with van der Waals surface area (Å²) in [5.41, 5.74) is 2.14. The summed E-state index contributed by atoms with van der Waals surface area (Å²) in [4.78, 5) is 27.8. The smallest absolute Gasteiger partial charge is 0.266 e.